The van der Waals surface area contributed by atoms with Gasteiger partial charge in [0, 0.05) is 44.0 Å². The Morgan fingerprint density at radius 1 is 1.14 bits per heavy atom. The highest BCUT2D eigenvalue weighted by Gasteiger charge is 2.41. The molecule has 2 aliphatic heterocycles. The van der Waals surface area contributed by atoms with Gasteiger partial charge in [0.2, 0.25) is 0 Å². The van der Waals surface area contributed by atoms with Crippen LogP contribution < -0.4 is 0 Å². The fourth-order valence-electron chi connectivity index (χ4n) is 4.21. The van der Waals surface area contributed by atoms with Crippen LogP contribution in [0.1, 0.15) is 32.1 Å². The molecule has 0 radical (unpaired) electrons. The SMILES string of the molecule is C=C(C1=CC=CCCC1)N1CCC2(CC1)CN(C)CCN2C. The second-order valence-corrected chi connectivity index (χ2v) is 7.33. The van der Waals surface area contributed by atoms with E-state index in [1.54, 1.807) is 0 Å². The van der Waals surface area contributed by atoms with Gasteiger partial charge in [-0.2, -0.15) is 0 Å². The third-order valence-electron chi connectivity index (χ3n) is 5.89. The smallest absolute Gasteiger partial charge is 0.0367 e. The van der Waals surface area contributed by atoms with Gasteiger partial charge in [0.1, 0.15) is 0 Å². The van der Waals surface area contributed by atoms with Gasteiger partial charge in [-0.05, 0) is 51.8 Å². The number of nitrogens with zero attached hydrogens (tertiary/aromatic N) is 3. The molecule has 0 amide bonds. The molecule has 2 saturated heterocycles. The van der Waals surface area contributed by atoms with Crippen LogP contribution in [-0.4, -0.2) is 67.1 Å². The molecule has 3 heteroatoms. The van der Waals surface area contributed by atoms with E-state index in [1.807, 2.05) is 0 Å². The quantitative estimate of drug-likeness (QED) is 0.776. The third kappa shape index (κ3) is 3.16. The number of allylic oxidation sites excluding steroid dienone is 4. The van der Waals surface area contributed by atoms with Gasteiger partial charge in [0.15, 0.2) is 0 Å². The van der Waals surface area contributed by atoms with Crippen molar-refractivity contribution in [1.29, 1.82) is 0 Å². The number of likely N-dealkylation sites (tertiary alicyclic amines) is 1. The van der Waals surface area contributed by atoms with Gasteiger partial charge in [0.05, 0.1) is 0 Å². The van der Waals surface area contributed by atoms with Crippen molar-refractivity contribution in [3.8, 4) is 0 Å². The van der Waals surface area contributed by atoms with Gasteiger partial charge >= 0.3 is 0 Å². The van der Waals surface area contributed by atoms with E-state index in [0.717, 1.165) is 13.1 Å². The molecule has 2 heterocycles. The molecule has 2 fully saturated rings. The second kappa shape index (κ2) is 6.59. The van der Waals surface area contributed by atoms with Crippen LogP contribution in [0.25, 0.3) is 0 Å². The molecule has 0 atom stereocenters. The number of rotatable bonds is 2. The Kier molecular flexibility index (Phi) is 4.74. The van der Waals surface area contributed by atoms with E-state index < -0.39 is 0 Å². The van der Waals surface area contributed by atoms with Crippen molar-refractivity contribution in [2.75, 3.05) is 46.8 Å². The highest BCUT2D eigenvalue weighted by Crippen LogP contribution is 2.34. The van der Waals surface area contributed by atoms with E-state index in [0.29, 0.717) is 5.54 Å². The van der Waals surface area contributed by atoms with E-state index in [4.69, 9.17) is 0 Å². The van der Waals surface area contributed by atoms with E-state index >= 15 is 0 Å². The first kappa shape index (κ1) is 15.8. The normalized spacial score (nSPS) is 26.8. The molecular formula is C19H31N3. The third-order valence-corrected chi connectivity index (χ3v) is 5.89. The summed E-state index contributed by atoms with van der Waals surface area (Å²) < 4.78 is 0. The highest BCUT2D eigenvalue weighted by molar-refractivity contribution is 5.32. The predicted octanol–water partition coefficient (Wildman–Crippen LogP) is 2.88. The fourth-order valence-corrected chi connectivity index (χ4v) is 4.21. The lowest BCUT2D eigenvalue weighted by Gasteiger charge is -2.53. The molecule has 22 heavy (non-hydrogen) atoms. The van der Waals surface area contributed by atoms with Gasteiger partial charge < -0.3 is 9.80 Å². The van der Waals surface area contributed by atoms with E-state index in [9.17, 15) is 0 Å². The largest absolute Gasteiger partial charge is 0.372 e. The lowest BCUT2D eigenvalue weighted by molar-refractivity contribution is -0.0128. The first-order valence-electron chi connectivity index (χ1n) is 8.80. The summed E-state index contributed by atoms with van der Waals surface area (Å²) in [4.78, 5) is 7.64. The molecule has 0 aromatic carbocycles. The lowest BCUT2D eigenvalue weighted by Crippen LogP contribution is -2.63. The van der Waals surface area contributed by atoms with E-state index in [1.165, 1.54) is 63.0 Å². The summed E-state index contributed by atoms with van der Waals surface area (Å²) >= 11 is 0. The molecule has 3 rings (SSSR count). The van der Waals surface area contributed by atoms with Crippen molar-refractivity contribution in [3.05, 3.63) is 36.1 Å². The van der Waals surface area contributed by atoms with Crippen LogP contribution >= 0.6 is 0 Å². The lowest BCUT2D eigenvalue weighted by atomic mass is 9.83. The maximum atomic E-state index is 4.41. The Morgan fingerprint density at radius 3 is 2.68 bits per heavy atom. The maximum Gasteiger partial charge on any atom is 0.0367 e. The Bertz CT molecular complexity index is 469. The predicted molar refractivity (Wildman–Crippen MR) is 93.9 cm³/mol. The maximum absolute atomic E-state index is 4.41. The molecule has 3 aliphatic rings. The Morgan fingerprint density at radius 2 is 1.91 bits per heavy atom. The number of hydrogen-bond acceptors (Lipinski definition) is 3. The number of likely N-dealkylation sites (N-methyl/N-ethyl adjacent to an activating group) is 2. The van der Waals surface area contributed by atoms with Crippen LogP contribution in [0, 0.1) is 0 Å². The molecule has 0 aromatic heterocycles. The monoisotopic (exact) mass is 301 g/mol. The van der Waals surface area contributed by atoms with Crippen molar-refractivity contribution < 1.29 is 0 Å². The standard InChI is InChI=1S/C19H31N3/c1-17(18-8-6-4-5-7-9-18)22-12-10-19(11-13-22)16-20(2)14-15-21(19)3/h4,6,8H,1,5,7,9-16H2,2-3H3. The van der Waals surface area contributed by atoms with Crippen molar-refractivity contribution in [2.45, 2.75) is 37.6 Å². The van der Waals surface area contributed by atoms with Crippen molar-refractivity contribution in [2.24, 2.45) is 0 Å². The first-order valence-corrected chi connectivity index (χ1v) is 8.80. The summed E-state index contributed by atoms with van der Waals surface area (Å²) in [5, 5.41) is 0. The summed E-state index contributed by atoms with van der Waals surface area (Å²) in [7, 11) is 4.58. The summed E-state index contributed by atoms with van der Waals surface area (Å²) in [6.45, 7) is 10.3. The summed E-state index contributed by atoms with van der Waals surface area (Å²) in [5.74, 6) is 0. The first-order chi connectivity index (χ1) is 10.6. The van der Waals surface area contributed by atoms with Crippen LogP contribution in [-0.2, 0) is 0 Å². The molecule has 3 nitrogen and oxygen atoms in total. The van der Waals surface area contributed by atoms with Gasteiger partial charge in [0.25, 0.3) is 0 Å². The van der Waals surface area contributed by atoms with E-state index in [-0.39, 0.29) is 0 Å². The second-order valence-electron chi connectivity index (χ2n) is 7.33. The zero-order chi connectivity index (χ0) is 15.6. The van der Waals surface area contributed by atoms with Crippen LogP contribution in [0.2, 0.25) is 0 Å². The van der Waals surface area contributed by atoms with Gasteiger partial charge in [-0.25, -0.2) is 0 Å². The minimum absolute atomic E-state index is 0.390. The Balaban J connectivity index is 1.62. The summed E-state index contributed by atoms with van der Waals surface area (Å²) in [5.41, 5.74) is 3.11. The van der Waals surface area contributed by atoms with Crippen molar-refractivity contribution >= 4 is 0 Å². The average molecular weight is 301 g/mol. The molecule has 0 unspecified atom stereocenters. The molecule has 0 N–H and O–H groups in total. The van der Waals surface area contributed by atoms with Crippen LogP contribution in [0.15, 0.2) is 36.1 Å². The molecule has 0 aromatic rings. The fraction of sp³-hybridized carbons (Fsp3) is 0.684. The van der Waals surface area contributed by atoms with E-state index in [2.05, 4.69) is 53.6 Å². The summed E-state index contributed by atoms with van der Waals surface area (Å²) in [6.07, 6.45) is 12.9. The summed E-state index contributed by atoms with van der Waals surface area (Å²) in [6, 6.07) is 0. The Hall–Kier alpha value is -1.06. The number of hydrogen-bond donors (Lipinski definition) is 0. The minimum Gasteiger partial charge on any atom is -0.372 e. The zero-order valence-electron chi connectivity index (χ0n) is 14.4. The highest BCUT2D eigenvalue weighted by atomic mass is 15.3. The Labute approximate surface area is 136 Å². The molecule has 1 spiro atoms. The molecule has 1 aliphatic carbocycles. The van der Waals surface area contributed by atoms with Gasteiger partial charge in [-0.1, -0.05) is 24.8 Å². The van der Waals surface area contributed by atoms with Crippen molar-refractivity contribution in [1.82, 2.24) is 14.7 Å². The van der Waals surface area contributed by atoms with Crippen LogP contribution in [0.4, 0.5) is 0 Å². The van der Waals surface area contributed by atoms with Gasteiger partial charge in [-0.3, -0.25) is 4.90 Å². The molecule has 0 bridgehead atoms. The molecule has 0 saturated carbocycles. The average Bonchev–Trinajstić information content (AvgIpc) is 2.81. The van der Waals surface area contributed by atoms with Crippen LogP contribution in [0.5, 0.6) is 0 Å². The van der Waals surface area contributed by atoms with Crippen molar-refractivity contribution in [3.63, 3.8) is 0 Å². The molecule has 122 valence electrons. The topological polar surface area (TPSA) is 9.72 Å². The number of piperidine rings is 1. The number of piperazine rings is 1. The zero-order valence-corrected chi connectivity index (χ0v) is 14.4. The van der Waals surface area contributed by atoms with Crippen LogP contribution in [0.3, 0.4) is 0 Å². The van der Waals surface area contributed by atoms with Gasteiger partial charge in [-0.15, -0.1) is 0 Å². The molecular weight excluding hydrogens is 270 g/mol. The minimum atomic E-state index is 0.390.